The maximum Gasteiger partial charge on any atom is 0.276 e. The van der Waals surface area contributed by atoms with Gasteiger partial charge in [0.15, 0.2) is 5.69 Å². The standard InChI is InChI=1S/C17H22N4O3/c1-2-14(22)13-9-11-10-20(7-8-21(11)18-13)17(23)16-12-5-3-4-6-15(12)24-19-16/h9,14,22H,2-8,10H2,1H3. The van der Waals surface area contributed by atoms with Crippen LogP contribution in [0.2, 0.25) is 0 Å². The van der Waals surface area contributed by atoms with E-state index in [4.69, 9.17) is 4.52 Å². The topological polar surface area (TPSA) is 84.4 Å². The summed E-state index contributed by atoms with van der Waals surface area (Å²) < 4.78 is 7.26. The van der Waals surface area contributed by atoms with E-state index in [9.17, 15) is 9.90 Å². The van der Waals surface area contributed by atoms with E-state index in [-0.39, 0.29) is 5.91 Å². The molecule has 2 aromatic rings. The zero-order chi connectivity index (χ0) is 16.7. The minimum atomic E-state index is -0.546. The highest BCUT2D eigenvalue weighted by Crippen LogP contribution is 2.26. The molecule has 1 amide bonds. The van der Waals surface area contributed by atoms with E-state index >= 15 is 0 Å². The highest BCUT2D eigenvalue weighted by Gasteiger charge is 2.30. The quantitative estimate of drug-likeness (QED) is 0.928. The number of rotatable bonds is 3. The smallest absolute Gasteiger partial charge is 0.276 e. The maximum atomic E-state index is 12.9. The molecule has 128 valence electrons. The Hall–Kier alpha value is -2.15. The summed E-state index contributed by atoms with van der Waals surface area (Å²) in [6.07, 6.45) is 4.01. The number of aliphatic hydroxyl groups is 1. The predicted octanol–water partition coefficient (Wildman–Crippen LogP) is 1.85. The van der Waals surface area contributed by atoms with E-state index in [1.807, 2.05) is 17.7 Å². The van der Waals surface area contributed by atoms with Gasteiger partial charge in [0.1, 0.15) is 5.76 Å². The highest BCUT2D eigenvalue weighted by molar-refractivity contribution is 5.94. The van der Waals surface area contributed by atoms with Crippen molar-refractivity contribution in [3.63, 3.8) is 0 Å². The van der Waals surface area contributed by atoms with Crippen LogP contribution < -0.4 is 0 Å². The van der Waals surface area contributed by atoms with Crippen LogP contribution in [0.5, 0.6) is 0 Å². The molecule has 1 aliphatic heterocycles. The molecule has 4 rings (SSSR count). The number of hydrogen-bond donors (Lipinski definition) is 1. The SMILES string of the molecule is CCC(O)c1cc2n(n1)CCN(C(=O)c1noc3c1CCCC3)C2. The van der Waals surface area contributed by atoms with Gasteiger partial charge in [-0.1, -0.05) is 12.1 Å². The maximum absolute atomic E-state index is 12.9. The van der Waals surface area contributed by atoms with E-state index in [0.717, 1.165) is 42.7 Å². The summed E-state index contributed by atoms with van der Waals surface area (Å²) in [5.74, 6) is 0.812. The molecule has 3 heterocycles. The second kappa shape index (κ2) is 6.05. The third-order valence-corrected chi connectivity index (χ3v) is 4.98. The Kier molecular flexibility index (Phi) is 3.88. The lowest BCUT2D eigenvalue weighted by molar-refractivity contribution is 0.0694. The minimum absolute atomic E-state index is 0.0630. The van der Waals surface area contributed by atoms with Crippen LogP contribution in [0.4, 0.5) is 0 Å². The first kappa shape index (κ1) is 15.4. The molecule has 7 nitrogen and oxygen atoms in total. The zero-order valence-corrected chi connectivity index (χ0v) is 13.9. The summed E-state index contributed by atoms with van der Waals surface area (Å²) in [5, 5.41) is 18.4. The Balaban J connectivity index is 1.55. The summed E-state index contributed by atoms with van der Waals surface area (Å²) >= 11 is 0. The van der Waals surface area contributed by atoms with Gasteiger partial charge in [-0.15, -0.1) is 0 Å². The lowest BCUT2D eigenvalue weighted by Gasteiger charge is -2.27. The molecule has 1 atom stereocenters. The Morgan fingerprint density at radius 1 is 1.38 bits per heavy atom. The Labute approximate surface area is 140 Å². The van der Waals surface area contributed by atoms with Crippen molar-refractivity contribution in [2.24, 2.45) is 0 Å². The molecule has 1 aliphatic carbocycles. The molecule has 0 radical (unpaired) electrons. The van der Waals surface area contributed by atoms with Crippen LogP contribution in [0.15, 0.2) is 10.6 Å². The van der Waals surface area contributed by atoms with Crippen molar-refractivity contribution >= 4 is 5.91 Å². The summed E-state index contributed by atoms with van der Waals surface area (Å²) in [5.41, 5.74) is 3.11. The van der Waals surface area contributed by atoms with Crippen LogP contribution in [0.3, 0.4) is 0 Å². The van der Waals surface area contributed by atoms with Crippen molar-refractivity contribution in [3.8, 4) is 0 Å². The average molecular weight is 330 g/mol. The Bertz CT molecular complexity index is 764. The van der Waals surface area contributed by atoms with Crippen molar-refractivity contribution in [2.45, 2.75) is 58.2 Å². The van der Waals surface area contributed by atoms with Crippen LogP contribution in [-0.2, 0) is 25.9 Å². The van der Waals surface area contributed by atoms with Gasteiger partial charge in [-0.3, -0.25) is 9.48 Å². The number of aliphatic hydroxyl groups excluding tert-OH is 1. The molecular formula is C17H22N4O3. The van der Waals surface area contributed by atoms with Gasteiger partial charge in [0.25, 0.3) is 5.91 Å². The monoisotopic (exact) mass is 330 g/mol. The lowest BCUT2D eigenvalue weighted by Crippen LogP contribution is -2.39. The second-order valence-corrected chi connectivity index (χ2v) is 6.57. The third-order valence-electron chi connectivity index (χ3n) is 4.98. The van der Waals surface area contributed by atoms with Gasteiger partial charge < -0.3 is 14.5 Å². The van der Waals surface area contributed by atoms with E-state index in [0.29, 0.717) is 37.4 Å². The van der Waals surface area contributed by atoms with Gasteiger partial charge in [0, 0.05) is 18.5 Å². The van der Waals surface area contributed by atoms with Crippen LogP contribution in [-0.4, -0.2) is 37.4 Å². The molecule has 0 saturated carbocycles. The second-order valence-electron chi connectivity index (χ2n) is 6.57. The molecule has 0 aromatic carbocycles. The molecule has 2 aromatic heterocycles. The molecule has 0 saturated heterocycles. The van der Waals surface area contributed by atoms with Crippen molar-refractivity contribution in [3.05, 3.63) is 34.5 Å². The summed E-state index contributed by atoms with van der Waals surface area (Å²) in [6, 6.07) is 1.89. The number of carbonyl (C=O) groups excluding carboxylic acids is 1. The van der Waals surface area contributed by atoms with Gasteiger partial charge in [-0.2, -0.15) is 5.10 Å². The normalized spacial score (nSPS) is 18.2. The van der Waals surface area contributed by atoms with Crippen LogP contribution in [0, 0.1) is 0 Å². The molecule has 0 bridgehead atoms. The van der Waals surface area contributed by atoms with Gasteiger partial charge in [-0.25, -0.2) is 0 Å². The number of amides is 1. The van der Waals surface area contributed by atoms with Crippen LogP contribution in [0.1, 0.15) is 65.5 Å². The Morgan fingerprint density at radius 3 is 3.04 bits per heavy atom. The molecule has 1 N–H and O–H groups in total. The first-order valence-corrected chi connectivity index (χ1v) is 8.68. The third kappa shape index (κ3) is 2.53. The number of nitrogens with zero attached hydrogens (tertiary/aromatic N) is 4. The van der Waals surface area contributed by atoms with Crippen molar-refractivity contribution < 1.29 is 14.4 Å². The van der Waals surface area contributed by atoms with Gasteiger partial charge in [-0.05, 0) is 31.7 Å². The van der Waals surface area contributed by atoms with Crippen LogP contribution >= 0.6 is 0 Å². The first-order chi connectivity index (χ1) is 11.7. The van der Waals surface area contributed by atoms with E-state index in [2.05, 4.69) is 10.3 Å². The van der Waals surface area contributed by atoms with Crippen molar-refractivity contribution in [1.82, 2.24) is 19.8 Å². The molecular weight excluding hydrogens is 308 g/mol. The number of hydrogen-bond acceptors (Lipinski definition) is 5. The van der Waals surface area contributed by atoms with Crippen molar-refractivity contribution in [2.75, 3.05) is 6.54 Å². The highest BCUT2D eigenvalue weighted by atomic mass is 16.5. The van der Waals surface area contributed by atoms with Gasteiger partial charge >= 0.3 is 0 Å². The fraction of sp³-hybridized carbons (Fsp3) is 0.588. The summed E-state index contributed by atoms with van der Waals surface area (Å²) in [7, 11) is 0. The molecule has 0 spiro atoms. The fourth-order valence-electron chi connectivity index (χ4n) is 3.54. The lowest BCUT2D eigenvalue weighted by atomic mass is 9.96. The summed E-state index contributed by atoms with van der Waals surface area (Å²) in [4.78, 5) is 14.7. The van der Waals surface area contributed by atoms with Gasteiger partial charge in [0.2, 0.25) is 0 Å². The number of aromatic nitrogens is 3. The first-order valence-electron chi connectivity index (χ1n) is 8.68. The fourth-order valence-corrected chi connectivity index (χ4v) is 3.54. The van der Waals surface area contributed by atoms with Gasteiger partial charge in [0.05, 0.1) is 30.6 Å². The van der Waals surface area contributed by atoms with Crippen molar-refractivity contribution in [1.29, 1.82) is 0 Å². The number of carbonyl (C=O) groups is 1. The van der Waals surface area contributed by atoms with Crippen LogP contribution in [0.25, 0.3) is 0 Å². The van der Waals surface area contributed by atoms with E-state index in [1.54, 1.807) is 4.90 Å². The molecule has 24 heavy (non-hydrogen) atoms. The Morgan fingerprint density at radius 2 is 2.21 bits per heavy atom. The average Bonchev–Trinajstić information content (AvgIpc) is 3.23. The molecule has 0 fully saturated rings. The molecule has 7 heteroatoms. The zero-order valence-electron chi connectivity index (χ0n) is 13.9. The molecule has 2 aliphatic rings. The molecule has 1 unspecified atom stereocenters. The number of aryl methyl sites for hydroxylation is 1. The number of fused-ring (bicyclic) bond motifs is 2. The summed E-state index contributed by atoms with van der Waals surface area (Å²) in [6.45, 7) is 3.64. The van der Waals surface area contributed by atoms with E-state index < -0.39 is 6.10 Å². The minimum Gasteiger partial charge on any atom is -0.387 e. The predicted molar refractivity (Wildman–Crippen MR) is 85.4 cm³/mol. The van der Waals surface area contributed by atoms with E-state index in [1.165, 1.54) is 0 Å². The largest absolute Gasteiger partial charge is 0.387 e.